The lowest BCUT2D eigenvalue weighted by Crippen LogP contribution is -2.27. The molecule has 0 radical (unpaired) electrons. The fourth-order valence-corrected chi connectivity index (χ4v) is 4.09. The van der Waals surface area contributed by atoms with Crippen LogP contribution in [0.2, 0.25) is 0 Å². The van der Waals surface area contributed by atoms with E-state index in [1.807, 2.05) is 24.3 Å². The average molecular weight is 345 g/mol. The van der Waals surface area contributed by atoms with Crippen molar-refractivity contribution in [2.75, 3.05) is 20.3 Å². The van der Waals surface area contributed by atoms with E-state index in [4.69, 9.17) is 9.47 Å². The number of rotatable bonds is 6. The van der Waals surface area contributed by atoms with Crippen molar-refractivity contribution in [2.45, 2.75) is 26.2 Å². The number of amides is 1. The summed E-state index contributed by atoms with van der Waals surface area (Å²) in [6, 6.07) is 9.56. The summed E-state index contributed by atoms with van der Waals surface area (Å²) in [5.74, 6) is 2.10. The zero-order valence-electron chi connectivity index (χ0n) is 14.1. The summed E-state index contributed by atoms with van der Waals surface area (Å²) in [5, 5.41) is 2.93. The standard InChI is InChI=1S/C19H23NO3S/c1-13-7-8-17-14(11-13)12-18(24-17)19(21)20-9-10-23-16-6-4-3-5-15(16)22-2/h3-6,12-13H,7-11H2,1-2H3,(H,20,21). The van der Waals surface area contributed by atoms with E-state index in [0.29, 0.717) is 24.7 Å². The lowest BCUT2D eigenvalue weighted by molar-refractivity contribution is 0.0951. The number of ether oxygens (including phenoxy) is 2. The minimum atomic E-state index is -0.00863. The molecule has 1 heterocycles. The van der Waals surface area contributed by atoms with Crippen molar-refractivity contribution >= 4 is 17.2 Å². The predicted molar refractivity (Wildman–Crippen MR) is 96.3 cm³/mol. The van der Waals surface area contributed by atoms with Crippen LogP contribution in [0.25, 0.3) is 0 Å². The molecule has 4 nitrogen and oxygen atoms in total. The number of hydrogen-bond donors (Lipinski definition) is 1. The van der Waals surface area contributed by atoms with Gasteiger partial charge in [0.15, 0.2) is 11.5 Å². The molecular formula is C19H23NO3S. The summed E-state index contributed by atoms with van der Waals surface area (Å²) >= 11 is 1.63. The Bertz CT molecular complexity index is 710. The van der Waals surface area contributed by atoms with Crippen LogP contribution in [-0.4, -0.2) is 26.2 Å². The van der Waals surface area contributed by atoms with E-state index in [2.05, 4.69) is 18.3 Å². The van der Waals surface area contributed by atoms with Crippen LogP contribution < -0.4 is 14.8 Å². The van der Waals surface area contributed by atoms with Crippen LogP contribution in [0.5, 0.6) is 11.5 Å². The van der Waals surface area contributed by atoms with Gasteiger partial charge in [0.05, 0.1) is 18.5 Å². The summed E-state index contributed by atoms with van der Waals surface area (Å²) in [5.41, 5.74) is 1.36. The molecule has 1 aliphatic rings. The van der Waals surface area contributed by atoms with Crippen molar-refractivity contribution < 1.29 is 14.3 Å². The molecule has 0 bridgehead atoms. The van der Waals surface area contributed by atoms with Gasteiger partial charge in [-0.2, -0.15) is 0 Å². The van der Waals surface area contributed by atoms with Gasteiger partial charge >= 0.3 is 0 Å². The number of nitrogens with one attached hydrogen (secondary N) is 1. The molecule has 1 atom stereocenters. The topological polar surface area (TPSA) is 47.6 Å². The van der Waals surface area contributed by atoms with Crippen molar-refractivity contribution in [3.8, 4) is 11.5 Å². The number of para-hydroxylation sites is 2. The Labute approximate surface area is 146 Å². The Hall–Kier alpha value is -2.01. The fraction of sp³-hybridized carbons (Fsp3) is 0.421. The molecule has 2 aromatic rings. The highest BCUT2D eigenvalue weighted by atomic mass is 32.1. The van der Waals surface area contributed by atoms with Gasteiger partial charge in [0.2, 0.25) is 0 Å². The van der Waals surface area contributed by atoms with Crippen LogP contribution in [0, 0.1) is 5.92 Å². The Morgan fingerprint density at radius 3 is 2.92 bits per heavy atom. The number of hydrogen-bond acceptors (Lipinski definition) is 4. The van der Waals surface area contributed by atoms with Gasteiger partial charge in [0.25, 0.3) is 5.91 Å². The molecule has 0 spiro atoms. The molecule has 3 rings (SSSR count). The lowest BCUT2D eigenvalue weighted by Gasteiger charge is -2.16. The Kier molecular flexibility index (Phi) is 5.41. The first-order valence-electron chi connectivity index (χ1n) is 8.33. The van der Waals surface area contributed by atoms with E-state index in [0.717, 1.165) is 23.6 Å². The van der Waals surface area contributed by atoms with Crippen LogP contribution in [0.4, 0.5) is 0 Å². The quantitative estimate of drug-likeness (QED) is 0.812. The van der Waals surface area contributed by atoms with Gasteiger partial charge in [0, 0.05) is 4.88 Å². The van der Waals surface area contributed by atoms with E-state index in [1.54, 1.807) is 18.4 Å². The number of thiophene rings is 1. The first kappa shape index (κ1) is 16.8. The van der Waals surface area contributed by atoms with Gasteiger partial charge in [0.1, 0.15) is 6.61 Å². The van der Waals surface area contributed by atoms with Crippen molar-refractivity contribution in [1.29, 1.82) is 0 Å². The van der Waals surface area contributed by atoms with Gasteiger partial charge in [-0.25, -0.2) is 0 Å². The van der Waals surface area contributed by atoms with Crippen molar-refractivity contribution in [2.24, 2.45) is 5.92 Å². The number of benzene rings is 1. The van der Waals surface area contributed by atoms with Crippen molar-refractivity contribution in [3.63, 3.8) is 0 Å². The zero-order chi connectivity index (χ0) is 16.9. The van der Waals surface area contributed by atoms with Gasteiger partial charge in [-0.15, -0.1) is 11.3 Å². The maximum Gasteiger partial charge on any atom is 0.261 e. The molecule has 0 saturated heterocycles. The Morgan fingerprint density at radius 1 is 1.33 bits per heavy atom. The normalized spacial score (nSPS) is 16.3. The fourth-order valence-electron chi connectivity index (χ4n) is 2.97. The molecule has 0 fully saturated rings. The third-order valence-electron chi connectivity index (χ3n) is 4.27. The minimum absolute atomic E-state index is 0.00863. The molecule has 0 aliphatic heterocycles. The van der Waals surface area contributed by atoms with Crippen LogP contribution in [0.15, 0.2) is 30.3 Å². The van der Waals surface area contributed by atoms with Crippen molar-refractivity contribution in [3.05, 3.63) is 45.6 Å². The Morgan fingerprint density at radius 2 is 2.12 bits per heavy atom. The maximum atomic E-state index is 12.3. The van der Waals surface area contributed by atoms with Gasteiger partial charge < -0.3 is 14.8 Å². The Balaban J connectivity index is 1.49. The maximum absolute atomic E-state index is 12.3. The molecule has 5 heteroatoms. The van der Waals surface area contributed by atoms with Crippen LogP contribution in [0.3, 0.4) is 0 Å². The van der Waals surface area contributed by atoms with E-state index in [-0.39, 0.29) is 5.91 Å². The number of methoxy groups -OCH3 is 1. The van der Waals surface area contributed by atoms with Crippen molar-refractivity contribution in [1.82, 2.24) is 5.32 Å². The summed E-state index contributed by atoms with van der Waals surface area (Å²) in [7, 11) is 1.61. The van der Waals surface area contributed by atoms with E-state index >= 15 is 0 Å². The molecule has 128 valence electrons. The second-order valence-corrected chi connectivity index (χ2v) is 7.30. The first-order chi connectivity index (χ1) is 11.7. The molecule has 1 N–H and O–H groups in total. The summed E-state index contributed by atoms with van der Waals surface area (Å²) in [6.45, 7) is 3.15. The SMILES string of the molecule is COc1ccccc1OCCNC(=O)c1cc2c(s1)CCC(C)C2. The summed E-state index contributed by atoms with van der Waals surface area (Å²) < 4.78 is 10.9. The number of aryl methyl sites for hydroxylation is 1. The highest BCUT2D eigenvalue weighted by Crippen LogP contribution is 2.32. The molecule has 1 aliphatic carbocycles. The highest BCUT2D eigenvalue weighted by molar-refractivity contribution is 7.14. The van der Waals surface area contributed by atoms with Gasteiger partial charge in [-0.3, -0.25) is 4.79 Å². The molecule has 1 aromatic heterocycles. The second-order valence-electron chi connectivity index (χ2n) is 6.16. The first-order valence-corrected chi connectivity index (χ1v) is 9.14. The van der Waals surface area contributed by atoms with Crippen LogP contribution >= 0.6 is 11.3 Å². The second kappa shape index (κ2) is 7.71. The summed E-state index contributed by atoms with van der Waals surface area (Å²) in [6.07, 6.45) is 3.42. The molecular weight excluding hydrogens is 322 g/mol. The third-order valence-corrected chi connectivity index (χ3v) is 5.50. The predicted octanol–water partition coefficient (Wildman–Crippen LogP) is 3.69. The van der Waals surface area contributed by atoms with E-state index in [1.165, 1.54) is 16.9 Å². The third kappa shape index (κ3) is 3.90. The highest BCUT2D eigenvalue weighted by Gasteiger charge is 2.20. The zero-order valence-corrected chi connectivity index (χ0v) is 14.9. The summed E-state index contributed by atoms with van der Waals surface area (Å²) in [4.78, 5) is 14.5. The largest absolute Gasteiger partial charge is 0.493 e. The molecule has 24 heavy (non-hydrogen) atoms. The minimum Gasteiger partial charge on any atom is -0.493 e. The smallest absolute Gasteiger partial charge is 0.261 e. The molecule has 1 aromatic carbocycles. The molecule has 0 saturated carbocycles. The van der Waals surface area contributed by atoms with Gasteiger partial charge in [-0.1, -0.05) is 19.1 Å². The lowest BCUT2D eigenvalue weighted by atomic mass is 9.90. The number of carbonyl (C=O) groups excluding carboxylic acids is 1. The van der Waals surface area contributed by atoms with E-state index in [9.17, 15) is 4.79 Å². The average Bonchev–Trinajstić information content (AvgIpc) is 3.02. The monoisotopic (exact) mass is 345 g/mol. The van der Waals surface area contributed by atoms with Crippen LogP contribution in [0.1, 0.15) is 33.5 Å². The molecule has 1 unspecified atom stereocenters. The molecule has 1 amide bonds. The van der Waals surface area contributed by atoms with Gasteiger partial charge in [-0.05, 0) is 48.9 Å². The number of fused-ring (bicyclic) bond motifs is 1. The van der Waals surface area contributed by atoms with E-state index < -0.39 is 0 Å². The van der Waals surface area contributed by atoms with Crippen LogP contribution in [-0.2, 0) is 12.8 Å². The number of carbonyl (C=O) groups is 1.